The number of hydrogen-bond acceptors (Lipinski definition) is 6. The van der Waals surface area contributed by atoms with Crippen LogP contribution in [0.3, 0.4) is 0 Å². The summed E-state index contributed by atoms with van der Waals surface area (Å²) in [6.07, 6.45) is 1.21. The summed E-state index contributed by atoms with van der Waals surface area (Å²) in [5.74, 6) is -0.808. The lowest BCUT2D eigenvalue weighted by molar-refractivity contribution is -0.384. The molecule has 3 N–H and O–H groups in total. The molecule has 0 fully saturated rings. The van der Waals surface area contributed by atoms with Crippen molar-refractivity contribution in [3.05, 3.63) is 56.1 Å². The van der Waals surface area contributed by atoms with Gasteiger partial charge in [-0.3, -0.25) is 15.5 Å². The largest absolute Gasteiger partial charge is 0.506 e. The van der Waals surface area contributed by atoms with Crippen molar-refractivity contribution >= 4 is 40.8 Å². The minimum Gasteiger partial charge on any atom is -0.506 e. The first-order valence-corrected chi connectivity index (χ1v) is 6.59. The minimum absolute atomic E-state index is 0.0420. The van der Waals surface area contributed by atoms with Gasteiger partial charge in [-0.05, 0) is 12.1 Å². The zero-order valence-electron chi connectivity index (χ0n) is 10.8. The molecule has 2 aromatic rings. The second-order valence-corrected chi connectivity index (χ2v) is 4.92. The third kappa shape index (κ3) is 3.38. The lowest BCUT2D eigenvalue weighted by Crippen LogP contribution is -1.93. The van der Waals surface area contributed by atoms with Gasteiger partial charge in [0.25, 0.3) is 5.69 Å². The van der Waals surface area contributed by atoms with Gasteiger partial charge in [0, 0.05) is 17.7 Å². The summed E-state index contributed by atoms with van der Waals surface area (Å²) in [6.45, 7) is 0. The number of benzene rings is 2. The third-order valence-electron chi connectivity index (χ3n) is 2.65. The van der Waals surface area contributed by atoms with E-state index in [-0.39, 0.29) is 27.0 Å². The number of nitrogens with zero attached hydrogens (tertiary/aromatic N) is 2. The molecule has 0 heterocycles. The molecular formula is C13H9Cl2N3O4. The first kappa shape index (κ1) is 15.9. The molecule has 9 heteroatoms. The summed E-state index contributed by atoms with van der Waals surface area (Å²) < 4.78 is 0. The highest BCUT2D eigenvalue weighted by molar-refractivity contribution is 6.38. The van der Waals surface area contributed by atoms with E-state index in [1.54, 1.807) is 6.07 Å². The Labute approximate surface area is 134 Å². The number of phenols is 2. The fourth-order valence-corrected chi connectivity index (χ4v) is 2.05. The number of anilines is 1. The smallest absolute Gasteiger partial charge is 0.271 e. The maximum Gasteiger partial charge on any atom is 0.271 e. The van der Waals surface area contributed by atoms with Crippen molar-refractivity contribution in [3.8, 4) is 11.5 Å². The number of halogens is 2. The number of nitrogens with one attached hydrogen (secondary N) is 1. The van der Waals surface area contributed by atoms with Crippen LogP contribution >= 0.6 is 23.2 Å². The van der Waals surface area contributed by atoms with Crippen LogP contribution in [0.2, 0.25) is 10.0 Å². The van der Waals surface area contributed by atoms with E-state index in [0.29, 0.717) is 5.69 Å². The molecule has 0 aliphatic carbocycles. The molecular weight excluding hydrogens is 333 g/mol. The molecule has 0 aromatic heterocycles. The van der Waals surface area contributed by atoms with Gasteiger partial charge < -0.3 is 10.2 Å². The van der Waals surface area contributed by atoms with Crippen LogP contribution in [0.1, 0.15) is 5.56 Å². The van der Waals surface area contributed by atoms with E-state index >= 15 is 0 Å². The average molecular weight is 342 g/mol. The van der Waals surface area contributed by atoms with Crippen molar-refractivity contribution in [2.75, 3.05) is 5.43 Å². The van der Waals surface area contributed by atoms with Crippen LogP contribution in [0.15, 0.2) is 35.4 Å². The predicted octanol–water partition coefficient (Wildman–Crippen LogP) is 3.76. The molecule has 22 heavy (non-hydrogen) atoms. The van der Waals surface area contributed by atoms with E-state index < -0.39 is 10.7 Å². The molecule has 0 unspecified atom stereocenters. The average Bonchev–Trinajstić information content (AvgIpc) is 2.50. The van der Waals surface area contributed by atoms with Crippen molar-refractivity contribution in [2.45, 2.75) is 0 Å². The van der Waals surface area contributed by atoms with Gasteiger partial charge in [0.05, 0.1) is 21.8 Å². The molecule has 0 saturated carbocycles. The molecule has 7 nitrogen and oxygen atoms in total. The van der Waals surface area contributed by atoms with E-state index in [1.807, 2.05) is 0 Å². The van der Waals surface area contributed by atoms with Gasteiger partial charge in [0.15, 0.2) is 5.75 Å². The molecule has 114 valence electrons. The third-order valence-corrected chi connectivity index (χ3v) is 3.30. The summed E-state index contributed by atoms with van der Waals surface area (Å²) in [5, 5.41) is 33.4. The predicted molar refractivity (Wildman–Crippen MR) is 84.1 cm³/mol. The number of nitro groups is 1. The Morgan fingerprint density at radius 2 is 1.95 bits per heavy atom. The number of non-ortho nitro benzene ring substituents is 1. The van der Waals surface area contributed by atoms with E-state index in [4.69, 9.17) is 23.2 Å². The molecule has 0 bridgehead atoms. The lowest BCUT2D eigenvalue weighted by atomic mass is 10.2. The molecule has 0 aliphatic rings. The van der Waals surface area contributed by atoms with E-state index in [9.17, 15) is 20.3 Å². The number of rotatable bonds is 4. The molecule has 0 amide bonds. The second-order valence-electron chi connectivity index (χ2n) is 4.14. The molecule has 0 radical (unpaired) electrons. The Kier molecular flexibility index (Phi) is 4.69. The number of aromatic hydroxyl groups is 2. The number of hydrazone groups is 1. The van der Waals surface area contributed by atoms with Crippen LogP contribution in [0.5, 0.6) is 11.5 Å². The highest BCUT2D eigenvalue weighted by Crippen LogP contribution is 2.40. The van der Waals surface area contributed by atoms with Gasteiger partial charge >= 0.3 is 0 Å². The lowest BCUT2D eigenvalue weighted by Gasteiger charge is -2.06. The van der Waals surface area contributed by atoms with Crippen molar-refractivity contribution in [1.82, 2.24) is 0 Å². The zero-order valence-corrected chi connectivity index (χ0v) is 12.3. The van der Waals surface area contributed by atoms with Gasteiger partial charge in [-0.15, -0.1) is 0 Å². The summed E-state index contributed by atoms with van der Waals surface area (Å²) in [4.78, 5) is 10.1. The molecule has 2 aromatic carbocycles. The molecule has 0 spiro atoms. The van der Waals surface area contributed by atoms with E-state index in [2.05, 4.69) is 10.5 Å². The highest BCUT2D eigenvalue weighted by Gasteiger charge is 2.13. The van der Waals surface area contributed by atoms with Gasteiger partial charge in [0.2, 0.25) is 0 Å². The highest BCUT2D eigenvalue weighted by atomic mass is 35.5. The van der Waals surface area contributed by atoms with Crippen LogP contribution in [0.25, 0.3) is 0 Å². The standard InChI is InChI=1S/C13H9Cl2N3O4/c14-10-4-7(12(19)11(15)13(10)20)6-16-17-8-2-1-3-9(5-8)18(21)22/h1-6,17,19-20H. The Hall–Kier alpha value is -2.51. The van der Waals surface area contributed by atoms with Crippen LogP contribution in [0, 0.1) is 10.1 Å². The van der Waals surface area contributed by atoms with E-state index in [1.165, 1.54) is 30.5 Å². The summed E-state index contributed by atoms with van der Waals surface area (Å²) in [5.41, 5.74) is 3.05. The van der Waals surface area contributed by atoms with Crippen LogP contribution < -0.4 is 5.43 Å². The summed E-state index contributed by atoms with van der Waals surface area (Å²) in [7, 11) is 0. The maximum atomic E-state index is 10.7. The van der Waals surface area contributed by atoms with Gasteiger partial charge in [-0.25, -0.2) is 0 Å². The fourth-order valence-electron chi connectivity index (χ4n) is 1.58. The van der Waals surface area contributed by atoms with Crippen LogP contribution in [-0.4, -0.2) is 21.4 Å². The number of nitro benzene ring substituents is 1. The monoisotopic (exact) mass is 341 g/mol. The quantitative estimate of drug-likeness (QED) is 0.445. The van der Waals surface area contributed by atoms with Gasteiger partial charge in [-0.2, -0.15) is 5.10 Å². The number of hydrogen-bond donors (Lipinski definition) is 3. The molecule has 0 aliphatic heterocycles. The summed E-state index contributed by atoms with van der Waals surface area (Å²) in [6, 6.07) is 7.01. The zero-order chi connectivity index (χ0) is 16.3. The van der Waals surface area contributed by atoms with Gasteiger partial charge in [0.1, 0.15) is 10.8 Å². The Balaban J connectivity index is 2.20. The van der Waals surface area contributed by atoms with Gasteiger partial charge in [-0.1, -0.05) is 29.3 Å². The Morgan fingerprint density at radius 1 is 1.23 bits per heavy atom. The maximum absolute atomic E-state index is 10.7. The van der Waals surface area contributed by atoms with Crippen LogP contribution in [0.4, 0.5) is 11.4 Å². The Bertz CT molecular complexity index is 765. The molecule has 0 atom stereocenters. The van der Waals surface area contributed by atoms with Crippen molar-refractivity contribution in [2.24, 2.45) is 5.10 Å². The normalized spacial score (nSPS) is 10.8. The van der Waals surface area contributed by atoms with Crippen molar-refractivity contribution in [3.63, 3.8) is 0 Å². The topological polar surface area (TPSA) is 108 Å². The second kappa shape index (κ2) is 6.50. The number of phenolic OH excluding ortho intramolecular Hbond substituents is 2. The van der Waals surface area contributed by atoms with Crippen LogP contribution in [-0.2, 0) is 0 Å². The van der Waals surface area contributed by atoms with E-state index in [0.717, 1.165) is 0 Å². The first-order chi connectivity index (χ1) is 10.4. The molecule has 2 rings (SSSR count). The van der Waals surface area contributed by atoms with Crippen molar-refractivity contribution < 1.29 is 15.1 Å². The first-order valence-electron chi connectivity index (χ1n) is 5.83. The minimum atomic E-state index is -0.528. The Morgan fingerprint density at radius 3 is 2.64 bits per heavy atom. The molecule has 0 saturated heterocycles. The SMILES string of the molecule is O=[N+]([O-])c1cccc(NN=Cc2cc(Cl)c(O)c(Cl)c2O)c1. The fraction of sp³-hybridized carbons (Fsp3) is 0. The van der Waals surface area contributed by atoms with Crippen molar-refractivity contribution in [1.29, 1.82) is 0 Å². The summed E-state index contributed by atoms with van der Waals surface area (Å²) >= 11 is 11.4.